The van der Waals surface area contributed by atoms with Gasteiger partial charge >= 0.3 is 0 Å². The van der Waals surface area contributed by atoms with Gasteiger partial charge in [-0.3, -0.25) is 4.79 Å². The summed E-state index contributed by atoms with van der Waals surface area (Å²) in [5, 5.41) is 11.9. The van der Waals surface area contributed by atoms with Gasteiger partial charge in [-0.1, -0.05) is 79.8 Å². The number of allylic oxidation sites excluding steroid dienone is 12. The van der Waals surface area contributed by atoms with Crippen molar-refractivity contribution in [1.82, 2.24) is 5.32 Å². The van der Waals surface area contributed by atoms with Crippen LogP contribution in [0.5, 0.6) is 0 Å². The molecule has 0 heterocycles. The Balaban J connectivity index is 3.66. The molecule has 0 aromatic rings. The molecule has 0 aliphatic rings. The summed E-state index contributed by atoms with van der Waals surface area (Å²) in [6.07, 6.45) is 33.1. The number of hydrogen-bond donors (Lipinski definition) is 2. The van der Waals surface area contributed by atoms with Gasteiger partial charge in [-0.05, 0) is 58.8 Å². The minimum Gasteiger partial charge on any atom is -0.394 e. The van der Waals surface area contributed by atoms with Crippen molar-refractivity contribution in [2.45, 2.75) is 77.7 Å². The fourth-order valence-electron chi connectivity index (χ4n) is 2.33. The Hall–Kier alpha value is -2.13. The molecule has 0 aliphatic heterocycles. The van der Waals surface area contributed by atoms with Gasteiger partial charge in [-0.15, -0.1) is 0 Å². The molecule has 0 saturated heterocycles. The van der Waals surface area contributed by atoms with E-state index in [0.717, 1.165) is 44.9 Å². The van der Waals surface area contributed by atoms with Gasteiger partial charge in [-0.25, -0.2) is 0 Å². The average Bonchev–Trinajstić information content (AvgIpc) is 2.69. The third-order valence-corrected chi connectivity index (χ3v) is 4.01. The molecule has 3 nitrogen and oxygen atoms in total. The van der Waals surface area contributed by atoms with Crippen molar-refractivity contribution in [3.05, 3.63) is 72.9 Å². The summed E-state index contributed by atoms with van der Waals surface area (Å²) < 4.78 is 0. The highest BCUT2D eigenvalue weighted by Gasteiger charge is 2.17. The highest BCUT2D eigenvalue weighted by atomic mass is 16.3. The Morgan fingerprint density at radius 1 is 0.724 bits per heavy atom. The molecule has 0 aliphatic carbocycles. The first-order valence-electron chi connectivity index (χ1n) is 10.8. The van der Waals surface area contributed by atoms with Crippen LogP contribution in [0, 0.1) is 0 Å². The molecule has 0 atom stereocenters. The van der Waals surface area contributed by atoms with Gasteiger partial charge in [-0.2, -0.15) is 0 Å². The predicted octanol–water partition coefficient (Wildman–Crippen LogP) is 6.35. The number of aliphatic hydroxyl groups excluding tert-OH is 1. The van der Waals surface area contributed by atoms with E-state index < -0.39 is 5.54 Å². The van der Waals surface area contributed by atoms with E-state index in [1.165, 1.54) is 0 Å². The lowest BCUT2D eigenvalue weighted by atomic mass is 10.1. The number of nitrogens with one attached hydrogen (secondary N) is 1. The Bertz CT molecular complexity index is 578. The zero-order chi connectivity index (χ0) is 21.6. The molecule has 29 heavy (non-hydrogen) atoms. The summed E-state index contributed by atoms with van der Waals surface area (Å²) in [6, 6.07) is 0. The smallest absolute Gasteiger partial charge is 0.220 e. The Morgan fingerprint density at radius 3 is 1.48 bits per heavy atom. The summed E-state index contributed by atoms with van der Waals surface area (Å²) >= 11 is 0. The molecule has 0 unspecified atom stereocenters. The van der Waals surface area contributed by atoms with Gasteiger partial charge in [0.2, 0.25) is 5.91 Å². The van der Waals surface area contributed by atoms with Crippen molar-refractivity contribution in [3.8, 4) is 0 Å². The second-order valence-corrected chi connectivity index (χ2v) is 7.54. The van der Waals surface area contributed by atoms with Crippen LogP contribution in [0.1, 0.15) is 72.1 Å². The van der Waals surface area contributed by atoms with Crippen LogP contribution in [0.3, 0.4) is 0 Å². The van der Waals surface area contributed by atoms with Crippen LogP contribution in [0.15, 0.2) is 72.9 Å². The van der Waals surface area contributed by atoms with E-state index in [4.69, 9.17) is 5.11 Å². The lowest BCUT2D eigenvalue weighted by Gasteiger charge is -2.23. The van der Waals surface area contributed by atoms with E-state index in [0.29, 0.717) is 6.42 Å². The van der Waals surface area contributed by atoms with Gasteiger partial charge in [0.15, 0.2) is 0 Å². The number of hydrogen-bond acceptors (Lipinski definition) is 2. The van der Waals surface area contributed by atoms with E-state index in [2.05, 4.69) is 79.1 Å². The van der Waals surface area contributed by atoms with Crippen molar-refractivity contribution in [2.24, 2.45) is 0 Å². The van der Waals surface area contributed by atoms with Crippen molar-refractivity contribution < 1.29 is 9.90 Å². The molecular weight excluding hydrogens is 358 g/mol. The first-order valence-corrected chi connectivity index (χ1v) is 10.8. The molecule has 162 valence electrons. The predicted molar refractivity (Wildman–Crippen MR) is 127 cm³/mol. The number of carbonyl (C=O) groups excluding carboxylic acids is 1. The quantitative estimate of drug-likeness (QED) is 0.297. The summed E-state index contributed by atoms with van der Waals surface area (Å²) in [5.41, 5.74) is -0.546. The fraction of sp³-hybridized carbons (Fsp3) is 0.500. The molecule has 1 amide bonds. The SMILES string of the molecule is CC/C=C/C/C=C/C/C=C/C/C=C/C/C=C/C/C=C/CCC(=O)NC(C)(C)CO. The third kappa shape index (κ3) is 20.4. The fourth-order valence-corrected chi connectivity index (χ4v) is 2.33. The van der Waals surface area contributed by atoms with Crippen LogP contribution in [-0.2, 0) is 4.79 Å². The van der Waals surface area contributed by atoms with Crippen molar-refractivity contribution >= 4 is 5.91 Å². The molecule has 0 spiro atoms. The first-order chi connectivity index (χ1) is 14.0. The van der Waals surface area contributed by atoms with Gasteiger partial charge in [0, 0.05) is 6.42 Å². The van der Waals surface area contributed by atoms with Crippen LogP contribution in [-0.4, -0.2) is 23.2 Å². The Kier molecular flexibility index (Phi) is 17.8. The van der Waals surface area contributed by atoms with Gasteiger partial charge < -0.3 is 10.4 Å². The highest BCUT2D eigenvalue weighted by Crippen LogP contribution is 2.02. The number of amides is 1. The van der Waals surface area contributed by atoms with Crippen LogP contribution >= 0.6 is 0 Å². The second-order valence-electron chi connectivity index (χ2n) is 7.54. The lowest BCUT2D eigenvalue weighted by Crippen LogP contribution is -2.46. The van der Waals surface area contributed by atoms with Crippen molar-refractivity contribution in [3.63, 3.8) is 0 Å². The number of rotatable bonds is 16. The van der Waals surface area contributed by atoms with Crippen LogP contribution in [0.2, 0.25) is 0 Å². The summed E-state index contributed by atoms with van der Waals surface area (Å²) in [6.45, 7) is 5.71. The largest absolute Gasteiger partial charge is 0.394 e. The molecule has 0 fully saturated rings. The normalized spacial score (nSPS) is 13.4. The Morgan fingerprint density at radius 2 is 1.10 bits per heavy atom. The number of aliphatic hydroxyl groups is 1. The maximum atomic E-state index is 11.7. The zero-order valence-electron chi connectivity index (χ0n) is 18.6. The van der Waals surface area contributed by atoms with Gasteiger partial charge in [0.05, 0.1) is 12.1 Å². The zero-order valence-corrected chi connectivity index (χ0v) is 18.6. The monoisotopic (exact) mass is 399 g/mol. The highest BCUT2D eigenvalue weighted by molar-refractivity contribution is 5.76. The summed E-state index contributed by atoms with van der Waals surface area (Å²) in [7, 11) is 0. The van der Waals surface area contributed by atoms with Crippen LogP contribution in [0.25, 0.3) is 0 Å². The minimum absolute atomic E-state index is 0.0245. The molecule has 0 aromatic carbocycles. The van der Waals surface area contributed by atoms with Crippen LogP contribution in [0.4, 0.5) is 0 Å². The van der Waals surface area contributed by atoms with Gasteiger partial charge in [0.25, 0.3) is 0 Å². The molecule has 0 radical (unpaired) electrons. The summed E-state index contributed by atoms with van der Waals surface area (Å²) in [5.74, 6) is -0.0245. The first kappa shape index (κ1) is 26.9. The second kappa shape index (κ2) is 19.2. The standard InChI is InChI=1S/C26H41NO2/c1-4-5-6-7-8-9-10-11-12-13-14-15-16-17-18-19-20-21-22-23-25(29)27-26(2,3)24-28/h5-6,8-9,11-12,14-15,17-18,20-21,28H,4,7,10,13,16,19,22-24H2,1-3H3,(H,27,29)/b6-5+,9-8+,12-11+,15-14+,18-17+,21-20+. The van der Waals surface area contributed by atoms with Crippen LogP contribution < -0.4 is 5.32 Å². The van der Waals surface area contributed by atoms with E-state index >= 15 is 0 Å². The van der Waals surface area contributed by atoms with E-state index in [9.17, 15) is 4.79 Å². The van der Waals surface area contributed by atoms with E-state index in [-0.39, 0.29) is 12.5 Å². The van der Waals surface area contributed by atoms with E-state index in [1.54, 1.807) is 0 Å². The molecular formula is C26H41NO2. The minimum atomic E-state index is -0.546. The maximum Gasteiger partial charge on any atom is 0.220 e. The molecule has 0 saturated carbocycles. The van der Waals surface area contributed by atoms with Crippen molar-refractivity contribution in [1.29, 1.82) is 0 Å². The third-order valence-electron chi connectivity index (χ3n) is 4.01. The lowest BCUT2D eigenvalue weighted by molar-refractivity contribution is -0.123. The summed E-state index contributed by atoms with van der Waals surface area (Å²) in [4.78, 5) is 11.7. The number of carbonyl (C=O) groups is 1. The molecule has 3 heteroatoms. The maximum absolute atomic E-state index is 11.7. The van der Waals surface area contributed by atoms with Gasteiger partial charge in [0.1, 0.15) is 0 Å². The molecule has 0 aromatic heterocycles. The average molecular weight is 400 g/mol. The molecule has 2 N–H and O–H groups in total. The topological polar surface area (TPSA) is 49.3 Å². The van der Waals surface area contributed by atoms with Crippen molar-refractivity contribution in [2.75, 3.05) is 6.61 Å². The molecule has 0 rings (SSSR count). The Labute approximate surface area is 178 Å². The van der Waals surface area contributed by atoms with E-state index in [1.807, 2.05) is 19.9 Å². The molecule has 0 bridgehead atoms.